The number of halogens is 1. The number of hydrogen-bond acceptors (Lipinski definition) is 2. The molecule has 106 valence electrons. The predicted molar refractivity (Wildman–Crippen MR) is 78.1 cm³/mol. The summed E-state index contributed by atoms with van der Waals surface area (Å²) < 4.78 is 2.95. The monoisotopic (exact) mass is 328 g/mol. The normalized spacial score (nSPS) is 19.7. The highest BCUT2D eigenvalue weighted by Gasteiger charge is 2.25. The second-order valence-electron chi connectivity index (χ2n) is 5.18. The number of carbonyl (C=O) groups excluding carboxylic acids is 1. The maximum Gasteiger partial charge on any atom is 0.270 e. The maximum absolute atomic E-state index is 12.6. The number of aryl methyl sites for hydroxylation is 1. The Hall–Kier alpha value is -0.810. The van der Waals surface area contributed by atoms with Crippen molar-refractivity contribution < 1.29 is 9.90 Å². The number of nitrogens with zero attached hydrogens (tertiary/aromatic N) is 2. The Morgan fingerprint density at radius 2 is 2.37 bits per heavy atom. The lowest BCUT2D eigenvalue weighted by Gasteiger charge is -2.32. The highest BCUT2D eigenvalue weighted by atomic mass is 79.9. The number of rotatable bonds is 4. The first-order valence-electron chi connectivity index (χ1n) is 6.91. The summed E-state index contributed by atoms with van der Waals surface area (Å²) in [5.41, 5.74) is 0.743. The molecule has 2 rings (SSSR count). The fourth-order valence-corrected chi connectivity index (χ4v) is 3.10. The van der Waals surface area contributed by atoms with E-state index in [2.05, 4.69) is 22.9 Å². The molecule has 1 aromatic heterocycles. The zero-order valence-corrected chi connectivity index (χ0v) is 12.9. The van der Waals surface area contributed by atoms with Crippen LogP contribution in [0.5, 0.6) is 0 Å². The predicted octanol–water partition coefficient (Wildman–Crippen LogP) is 2.51. The molecule has 1 fully saturated rings. The fraction of sp³-hybridized carbons (Fsp3) is 0.643. The summed E-state index contributed by atoms with van der Waals surface area (Å²) in [4.78, 5) is 14.4. The minimum atomic E-state index is 0.0808. The molecule has 1 aliphatic rings. The summed E-state index contributed by atoms with van der Waals surface area (Å²) in [5, 5.41) is 9.25. The number of aromatic nitrogens is 1. The molecule has 1 aromatic rings. The minimum Gasteiger partial charge on any atom is -0.396 e. The minimum absolute atomic E-state index is 0.0808. The third-order valence-electron chi connectivity index (χ3n) is 3.61. The molecule has 1 unspecified atom stereocenters. The van der Waals surface area contributed by atoms with Gasteiger partial charge in [0.1, 0.15) is 5.69 Å². The van der Waals surface area contributed by atoms with Crippen molar-refractivity contribution in [2.24, 2.45) is 5.92 Å². The van der Waals surface area contributed by atoms with Gasteiger partial charge in [0.25, 0.3) is 5.91 Å². The topological polar surface area (TPSA) is 45.5 Å². The van der Waals surface area contributed by atoms with E-state index >= 15 is 0 Å². The molecule has 0 saturated carbocycles. The van der Waals surface area contributed by atoms with Gasteiger partial charge in [-0.15, -0.1) is 0 Å². The van der Waals surface area contributed by atoms with E-state index in [1.807, 2.05) is 21.7 Å². The van der Waals surface area contributed by atoms with Gasteiger partial charge in [-0.3, -0.25) is 4.79 Å². The molecule has 1 N–H and O–H groups in total. The van der Waals surface area contributed by atoms with Crippen LogP contribution in [-0.2, 0) is 6.54 Å². The van der Waals surface area contributed by atoms with Crippen molar-refractivity contribution >= 4 is 21.8 Å². The van der Waals surface area contributed by atoms with Crippen LogP contribution in [0, 0.1) is 5.92 Å². The fourth-order valence-electron chi connectivity index (χ4n) is 2.64. The summed E-state index contributed by atoms with van der Waals surface area (Å²) in [6.45, 7) is 4.59. The van der Waals surface area contributed by atoms with Crippen LogP contribution >= 0.6 is 15.9 Å². The molecular formula is C14H21BrN2O2. The SMILES string of the molecule is CCCn1cc(Br)cc1C(=O)N1CCCC(CO)C1. The second kappa shape index (κ2) is 6.57. The molecule has 1 atom stereocenters. The molecule has 0 aliphatic carbocycles. The molecule has 1 amide bonds. The third kappa shape index (κ3) is 3.39. The van der Waals surface area contributed by atoms with Crippen LogP contribution in [0.2, 0.25) is 0 Å². The number of aliphatic hydroxyl groups is 1. The van der Waals surface area contributed by atoms with Crippen LogP contribution < -0.4 is 0 Å². The summed E-state index contributed by atoms with van der Waals surface area (Å²) in [5.74, 6) is 0.313. The number of carbonyl (C=O) groups is 1. The van der Waals surface area contributed by atoms with Gasteiger partial charge in [0.2, 0.25) is 0 Å². The smallest absolute Gasteiger partial charge is 0.270 e. The molecule has 5 heteroatoms. The molecule has 0 bridgehead atoms. The van der Waals surface area contributed by atoms with Gasteiger partial charge >= 0.3 is 0 Å². The highest BCUT2D eigenvalue weighted by Crippen LogP contribution is 2.21. The zero-order chi connectivity index (χ0) is 13.8. The summed E-state index contributed by atoms with van der Waals surface area (Å²) in [7, 11) is 0. The van der Waals surface area contributed by atoms with Gasteiger partial charge in [0.05, 0.1) is 0 Å². The van der Waals surface area contributed by atoms with E-state index in [0.717, 1.165) is 42.5 Å². The van der Waals surface area contributed by atoms with Gasteiger partial charge in [-0.05, 0) is 47.2 Å². The highest BCUT2D eigenvalue weighted by molar-refractivity contribution is 9.10. The van der Waals surface area contributed by atoms with E-state index in [1.165, 1.54) is 0 Å². The molecule has 4 nitrogen and oxygen atoms in total. The van der Waals surface area contributed by atoms with E-state index in [-0.39, 0.29) is 18.4 Å². The quantitative estimate of drug-likeness (QED) is 0.923. The average molecular weight is 329 g/mol. The van der Waals surface area contributed by atoms with Gasteiger partial charge in [-0.1, -0.05) is 6.92 Å². The Balaban J connectivity index is 2.14. The largest absolute Gasteiger partial charge is 0.396 e. The third-order valence-corrected chi connectivity index (χ3v) is 4.04. The first-order chi connectivity index (χ1) is 9.15. The molecule has 0 radical (unpaired) electrons. The first kappa shape index (κ1) is 14.6. The van der Waals surface area contributed by atoms with Gasteiger partial charge in [-0.25, -0.2) is 0 Å². The molecule has 1 saturated heterocycles. The lowest BCUT2D eigenvalue weighted by molar-refractivity contribution is 0.0610. The Morgan fingerprint density at radius 3 is 3.05 bits per heavy atom. The average Bonchev–Trinajstić information content (AvgIpc) is 2.79. The van der Waals surface area contributed by atoms with Crippen LogP contribution in [0.25, 0.3) is 0 Å². The van der Waals surface area contributed by atoms with E-state index in [4.69, 9.17) is 0 Å². The lowest BCUT2D eigenvalue weighted by Crippen LogP contribution is -2.41. The van der Waals surface area contributed by atoms with Gasteiger partial charge < -0.3 is 14.6 Å². The van der Waals surface area contributed by atoms with Crippen molar-refractivity contribution in [2.45, 2.75) is 32.7 Å². The number of hydrogen-bond donors (Lipinski definition) is 1. The van der Waals surface area contributed by atoms with E-state index in [0.29, 0.717) is 6.54 Å². The van der Waals surface area contributed by atoms with E-state index in [1.54, 1.807) is 0 Å². The Bertz CT molecular complexity index is 445. The summed E-state index contributed by atoms with van der Waals surface area (Å²) in [6, 6.07) is 1.89. The number of likely N-dealkylation sites (tertiary alicyclic amines) is 1. The Labute approximate surface area is 122 Å². The molecular weight excluding hydrogens is 308 g/mol. The summed E-state index contributed by atoms with van der Waals surface area (Å²) in [6.07, 6.45) is 4.96. The van der Waals surface area contributed by atoms with E-state index in [9.17, 15) is 9.90 Å². The van der Waals surface area contributed by atoms with Crippen LogP contribution in [-0.4, -0.2) is 40.2 Å². The van der Waals surface area contributed by atoms with Crippen molar-refractivity contribution in [2.75, 3.05) is 19.7 Å². The van der Waals surface area contributed by atoms with Crippen LogP contribution in [0.15, 0.2) is 16.7 Å². The van der Waals surface area contributed by atoms with Crippen molar-refractivity contribution in [3.05, 3.63) is 22.4 Å². The van der Waals surface area contributed by atoms with Crippen molar-refractivity contribution in [3.8, 4) is 0 Å². The Kier molecular flexibility index (Phi) is 5.05. The van der Waals surface area contributed by atoms with Crippen molar-refractivity contribution in [1.29, 1.82) is 0 Å². The molecule has 0 aromatic carbocycles. The second-order valence-corrected chi connectivity index (χ2v) is 6.09. The van der Waals surface area contributed by atoms with Crippen LogP contribution in [0.1, 0.15) is 36.7 Å². The molecule has 19 heavy (non-hydrogen) atoms. The summed E-state index contributed by atoms with van der Waals surface area (Å²) >= 11 is 3.44. The Morgan fingerprint density at radius 1 is 1.58 bits per heavy atom. The number of amides is 1. The van der Waals surface area contributed by atoms with E-state index < -0.39 is 0 Å². The van der Waals surface area contributed by atoms with Crippen molar-refractivity contribution in [3.63, 3.8) is 0 Å². The zero-order valence-electron chi connectivity index (χ0n) is 11.3. The van der Waals surface area contributed by atoms with Gasteiger partial charge in [-0.2, -0.15) is 0 Å². The molecule has 0 spiro atoms. The molecule has 1 aliphatic heterocycles. The molecule has 2 heterocycles. The maximum atomic E-state index is 12.6. The number of piperidine rings is 1. The standard InChI is InChI=1S/C14H21BrN2O2/c1-2-5-16-9-12(15)7-13(16)14(19)17-6-3-4-11(8-17)10-18/h7,9,11,18H,2-6,8,10H2,1H3. The van der Waals surface area contributed by atoms with Crippen LogP contribution in [0.3, 0.4) is 0 Å². The first-order valence-corrected chi connectivity index (χ1v) is 7.70. The number of aliphatic hydroxyl groups excluding tert-OH is 1. The van der Waals surface area contributed by atoms with Crippen molar-refractivity contribution in [1.82, 2.24) is 9.47 Å². The van der Waals surface area contributed by atoms with Gasteiger partial charge in [0, 0.05) is 36.9 Å². The van der Waals surface area contributed by atoms with Crippen LogP contribution in [0.4, 0.5) is 0 Å². The lowest BCUT2D eigenvalue weighted by atomic mass is 9.99. The van der Waals surface area contributed by atoms with Gasteiger partial charge in [0.15, 0.2) is 0 Å².